The van der Waals surface area contributed by atoms with Crippen LogP contribution < -0.4 is 5.43 Å². The third-order valence-corrected chi connectivity index (χ3v) is 5.47. The van der Waals surface area contributed by atoms with Crippen LogP contribution in [0.25, 0.3) is 0 Å². The molecule has 0 bridgehead atoms. The summed E-state index contributed by atoms with van der Waals surface area (Å²) in [6, 6.07) is 13.0. The fraction of sp³-hybridized carbons (Fsp3) is 0.300. The normalized spacial score (nSPS) is 15.8. The van der Waals surface area contributed by atoms with Crippen LogP contribution in [-0.2, 0) is 11.3 Å². The lowest BCUT2D eigenvalue weighted by Gasteiger charge is -2.34. The molecule has 5 nitrogen and oxygen atoms in total. The molecule has 0 atom stereocenters. The zero-order valence-corrected chi connectivity index (χ0v) is 17.5. The molecule has 1 amide bonds. The number of hydrazone groups is 1. The Balaban J connectivity index is 1.41. The van der Waals surface area contributed by atoms with Crippen LogP contribution in [0.1, 0.15) is 11.1 Å². The molecule has 2 aromatic carbocycles. The SMILES string of the molecule is O=C(CN1CCN(Cc2ccccc2Cl)CC1)N/N=C/c1ccc(Cl)cc1Cl. The van der Waals surface area contributed by atoms with Gasteiger partial charge in [0.25, 0.3) is 5.91 Å². The van der Waals surface area contributed by atoms with Gasteiger partial charge in [-0.25, -0.2) is 5.43 Å². The monoisotopic (exact) mass is 438 g/mol. The first kappa shape index (κ1) is 21.1. The first-order chi connectivity index (χ1) is 13.5. The maximum Gasteiger partial charge on any atom is 0.254 e. The van der Waals surface area contributed by atoms with Gasteiger partial charge in [-0.3, -0.25) is 14.6 Å². The number of carbonyl (C=O) groups excluding carboxylic acids is 1. The van der Waals surface area contributed by atoms with Crippen LogP contribution in [0.2, 0.25) is 15.1 Å². The molecule has 1 aliphatic heterocycles. The largest absolute Gasteiger partial charge is 0.296 e. The van der Waals surface area contributed by atoms with Crippen molar-refractivity contribution < 1.29 is 4.79 Å². The molecular weight excluding hydrogens is 419 g/mol. The van der Waals surface area contributed by atoms with E-state index in [4.69, 9.17) is 34.8 Å². The van der Waals surface area contributed by atoms with E-state index in [1.54, 1.807) is 18.2 Å². The van der Waals surface area contributed by atoms with E-state index in [0.717, 1.165) is 43.3 Å². The molecule has 0 aliphatic carbocycles. The van der Waals surface area contributed by atoms with Gasteiger partial charge in [0.05, 0.1) is 17.8 Å². The Morgan fingerprint density at radius 1 is 1.00 bits per heavy atom. The van der Waals surface area contributed by atoms with Crippen LogP contribution in [0, 0.1) is 0 Å². The minimum atomic E-state index is -0.152. The number of carbonyl (C=O) groups is 1. The van der Waals surface area contributed by atoms with Gasteiger partial charge >= 0.3 is 0 Å². The van der Waals surface area contributed by atoms with E-state index in [1.807, 2.05) is 24.3 Å². The van der Waals surface area contributed by atoms with Gasteiger partial charge in [0.15, 0.2) is 0 Å². The summed E-state index contributed by atoms with van der Waals surface area (Å²) in [6.45, 7) is 4.57. The fourth-order valence-electron chi connectivity index (χ4n) is 2.99. The highest BCUT2D eigenvalue weighted by atomic mass is 35.5. The standard InChI is InChI=1S/C20H21Cl3N4O/c21-17-6-5-15(19(23)11-17)12-24-25-20(28)14-27-9-7-26(8-10-27)13-16-3-1-2-4-18(16)22/h1-6,11-12H,7-10,13-14H2,(H,25,28)/b24-12+. The molecule has 148 valence electrons. The van der Waals surface area contributed by atoms with Crippen molar-refractivity contribution in [3.8, 4) is 0 Å². The summed E-state index contributed by atoms with van der Waals surface area (Å²) in [5.41, 5.74) is 4.37. The topological polar surface area (TPSA) is 47.9 Å². The molecule has 0 saturated carbocycles. The van der Waals surface area contributed by atoms with E-state index in [2.05, 4.69) is 20.3 Å². The van der Waals surface area contributed by atoms with E-state index in [9.17, 15) is 4.79 Å². The second-order valence-electron chi connectivity index (χ2n) is 6.60. The van der Waals surface area contributed by atoms with Crippen LogP contribution in [-0.4, -0.2) is 54.6 Å². The van der Waals surface area contributed by atoms with Gasteiger partial charge < -0.3 is 0 Å². The quantitative estimate of drug-likeness (QED) is 0.548. The van der Waals surface area contributed by atoms with Gasteiger partial charge in [0.2, 0.25) is 0 Å². The molecule has 1 N–H and O–H groups in total. The second kappa shape index (κ2) is 10.2. The molecule has 1 saturated heterocycles. The molecule has 1 heterocycles. The zero-order chi connectivity index (χ0) is 19.9. The Morgan fingerprint density at radius 3 is 2.43 bits per heavy atom. The lowest BCUT2D eigenvalue weighted by atomic mass is 10.2. The molecule has 2 aromatic rings. The van der Waals surface area contributed by atoms with E-state index >= 15 is 0 Å². The number of nitrogens with zero attached hydrogens (tertiary/aromatic N) is 3. The first-order valence-electron chi connectivity index (χ1n) is 8.96. The maximum atomic E-state index is 12.1. The third-order valence-electron chi connectivity index (χ3n) is 4.54. The van der Waals surface area contributed by atoms with E-state index < -0.39 is 0 Å². The summed E-state index contributed by atoms with van der Waals surface area (Å²) in [5, 5.41) is 5.81. The summed E-state index contributed by atoms with van der Waals surface area (Å²) in [4.78, 5) is 16.6. The number of piperazine rings is 1. The highest BCUT2D eigenvalue weighted by Crippen LogP contribution is 2.19. The van der Waals surface area contributed by atoms with Crippen molar-refractivity contribution in [1.82, 2.24) is 15.2 Å². The van der Waals surface area contributed by atoms with Crippen molar-refractivity contribution in [1.29, 1.82) is 0 Å². The van der Waals surface area contributed by atoms with Crippen molar-refractivity contribution >= 4 is 46.9 Å². The lowest BCUT2D eigenvalue weighted by molar-refractivity contribution is -0.122. The molecule has 1 aliphatic rings. The number of hydrogen-bond acceptors (Lipinski definition) is 4. The summed E-state index contributed by atoms with van der Waals surface area (Å²) >= 11 is 18.2. The van der Waals surface area contributed by atoms with Crippen molar-refractivity contribution in [2.45, 2.75) is 6.54 Å². The molecule has 0 spiro atoms. The Bertz CT molecular complexity index is 851. The van der Waals surface area contributed by atoms with Gasteiger partial charge in [-0.05, 0) is 23.8 Å². The van der Waals surface area contributed by atoms with E-state index in [0.29, 0.717) is 22.2 Å². The molecule has 0 radical (unpaired) electrons. The van der Waals surface area contributed by atoms with Gasteiger partial charge in [0, 0.05) is 48.3 Å². The van der Waals surface area contributed by atoms with Gasteiger partial charge in [-0.2, -0.15) is 5.10 Å². The Kier molecular flexibility index (Phi) is 7.71. The van der Waals surface area contributed by atoms with Crippen LogP contribution in [0.5, 0.6) is 0 Å². The molecule has 8 heteroatoms. The summed E-state index contributed by atoms with van der Waals surface area (Å²) < 4.78 is 0. The highest BCUT2D eigenvalue weighted by Gasteiger charge is 2.19. The maximum absolute atomic E-state index is 12.1. The Morgan fingerprint density at radius 2 is 1.71 bits per heavy atom. The Hall–Kier alpha value is -1.63. The van der Waals surface area contributed by atoms with Crippen LogP contribution >= 0.6 is 34.8 Å². The summed E-state index contributed by atoms with van der Waals surface area (Å²) in [7, 11) is 0. The second-order valence-corrected chi connectivity index (χ2v) is 7.85. The predicted molar refractivity (Wildman–Crippen MR) is 115 cm³/mol. The summed E-state index contributed by atoms with van der Waals surface area (Å²) in [6.07, 6.45) is 1.51. The van der Waals surface area contributed by atoms with Crippen molar-refractivity contribution in [3.63, 3.8) is 0 Å². The smallest absolute Gasteiger partial charge is 0.254 e. The van der Waals surface area contributed by atoms with Crippen molar-refractivity contribution in [2.24, 2.45) is 5.10 Å². The summed E-state index contributed by atoms with van der Waals surface area (Å²) in [5.74, 6) is -0.152. The number of benzene rings is 2. The van der Waals surface area contributed by atoms with Crippen molar-refractivity contribution in [2.75, 3.05) is 32.7 Å². The highest BCUT2D eigenvalue weighted by molar-refractivity contribution is 6.36. The van der Waals surface area contributed by atoms with Crippen molar-refractivity contribution in [3.05, 3.63) is 68.7 Å². The average molecular weight is 440 g/mol. The molecule has 0 unspecified atom stereocenters. The molecule has 28 heavy (non-hydrogen) atoms. The lowest BCUT2D eigenvalue weighted by Crippen LogP contribution is -2.48. The number of nitrogens with one attached hydrogen (secondary N) is 1. The number of amides is 1. The van der Waals surface area contributed by atoms with Gasteiger partial charge in [0.1, 0.15) is 0 Å². The van der Waals surface area contributed by atoms with Gasteiger partial charge in [-0.15, -0.1) is 0 Å². The zero-order valence-electron chi connectivity index (χ0n) is 15.2. The van der Waals surface area contributed by atoms with Crippen LogP contribution in [0.15, 0.2) is 47.6 Å². The van der Waals surface area contributed by atoms with Crippen LogP contribution in [0.4, 0.5) is 0 Å². The molecular formula is C20H21Cl3N4O. The van der Waals surface area contributed by atoms with E-state index in [-0.39, 0.29) is 5.91 Å². The number of rotatable bonds is 6. The minimum Gasteiger partial charge on any atom is -0.296 e. The Labute approximate surface area is 179 Å². The third kappa shape index (κ3) is 6.19. The predicted octanol–water partition coefficient (Wildman–Crippen LogP) is 3.91. The van der Waals surface area contributed by atoms with Crippen LogP contribution in [0.3, 0.4) is 0 Å². The fourth-order valence-corrected chi connectivity index (χ4v) is 3.64. The first-order valence-corrected chi connectivity index (χ1v) is 10.1. The average Bonchev–Trinajstić information content (AvgIpc) is 2.67. The number of hydrogen-bond donors (Lipinski definition) is 1. The van der Waals surface area contributed by atoms with E-state index in [1.165, 1.54) is 6.21 Å². The van der Waals surface area contributed by atoms with Gasteiger partial charge in [-0.1, -0.05) is 59.1 Å². The molecule has 3 rings (SSSR count). The molecule has 1 fully saturated rings. The minimum absolute atomic E-state index is 0.152. The molecule has 0 aromatic heterocycles. The number of halogens is 3.